The molecule has 1 fully saturated rings. The van der Waals surface area contributed by atoms with E-state index in [1.54, 1.807) is 18.5 Å². The van der Waals surface area contributed by atoms with E-state index in [0.29, 0.717) is 25.2 Å². The Kier molecular flexibility index (Phi) is 4.27. The number of aromatic nitrogens is 2. The Labute approximate surface area is 167 Å². The molecule has 2 atom stereocenters. The second kappa shape index (κ2) is 6.95. The summed E-state index contributed by atoms with van der Waals surface area (Å²) in [5.74, 6) is -0.135. The van der Waals surface area contributed by atoms with Gasteiger partial charge in [0.25, 0.3) is 11.5 Å². The monoisotopic (exact) mass is 389 g/mol. The fraction of sp³-hybridized carbons (Fsp3) is 0.261. The Morgan fingerprint density at radius 1 is 1.03 bits per heavy atom. The van der Waals surface area contributed by atoms with Gasteiger partial charge < -0.3 is 9.47 Å². The minimum absolute atomic E-state index is 0.000603. The van der Waals surface area contributed by atoms with E-state index >= 15 is 0 Å². The van der Waals surface area contributed by atoms with Gasteiger partial charge in [-0.05, 0) is 48.7 Å². The SMILES string of the molecule is O=C(c1ccc(F)cc1)N1C[C@@H]2C[C@H](C1)c1c(-c3cccnc3)ccc(=O)n1C2. The first-order valence-electron chi connectivity index (χ1n) is 9.79. The molecule has 29 heavy (non-hydrogen) atoms. The zero-order chi connectivity index (χ0) is 20.0. The van der Waals surface area contributed by atoms with E-state index in [1.807, 2.05) is 27.7 Å². The topological polar surface area (TPSA) is 55.2 Å². The molecule has 0 aliphatic carbocycles. The van der Waals surface area contributed by atoms with Gasteiger partial charge in [0.1, 0.15) is 5.82 Å². The maximum absolute atomic E-state index is 13.2. The molecule has 1 saturated heterocycles. The molecule has 1 aromatic carbocycles. The number of benzene rings is 1. The predicted octanol–water partition coefficient (Wildman–Crippen LogP) is 3.31. The fourth-order valence-electron chi connectivity index (χ4n) is 4.72. The smallest absolute Gasteiger partial charge is 0.253 e. The third-order valence-corrected chi connectivity index (χ3v) is 5.94. The lowest BCUT2D eigenvalue weighted by molar-refractivity contribution is 0.0595. The minimum Gasteiger partial charge on any atom is -0.338 e. The molecule has 2 aromatic heterocycles. The summed E-state index contributed by atoms with van der Waals surface area (Å²) >= 11 is 0. The minimum atomic E-state index is -0.355. The van der Waals surface area contributed by atoms with Crippen LogP contribution in [0.5, 0.6) is 0 Å². The third kappa shape index (κ3) is 3.14. The first-order valence-corrected chi connectivity index (χ1v) is 9.79. The molecule has 6 heteroatoms. The Morgan fingerprint density at radius 3 is 2.62 bits per heavy atom. The van der Waals surface area contributed by atoms with Crippen LogP contribution in [0.2, 0.25) is 0 Å². The van der Waals surface area contributed by atoms with E-state index in [9.17, 15) is 14.0 Å². The molecule has 5 nitrogen and oxygen atoms in total. The van der Waals surface area contributed by atoms with Crippen molar-refractivity contribution in [2.45, 2.75) is 18.9 Å². The summed E-state index contributed by atoms with van der Waals surface area (Å²) in [6, 6.07) is 13.0. The maximum Gasteiger partial charge on any atom is 0.253 e. The first-order chi connectivity index (χ1) is 14.1. The molecule has 2 bridgehead atoms. The fourth-order valence-corrected chi connectivity index (χ4v) is 4.72. The number of pyridine rings is 2. The Bertz CT molecular complexity index is 1130. The van der Waals surface area contributed by atoms with Crippen LogP contribution in [0.1, 0.15) is 28.4 Å². The van der Waals surface area contributed by atoms with Crippen LogP contribution in [0.4, 0.5) is 4.39 Å². The summed E-state index contributed by atoms with van der Waals surface area (Å²) in [5, 5.41) is 0. The van der Waals surface area contributed by atoms with Crippen LogP contribution in [-0.2, 0) is 6.54 Å². The van der Waals surface area contributed by atoms with Gasteiger partial charge in [-0.3, -0.25) is 14.6 Å². The van der Waals surface area contributed by atoms with Crippen LogP contribution < -0.4 is 5.56 Å². The Morgan fingerprint density at radius 2 is 1.86 bits per heavy atom. The van der Waals surface area contributed by atoms with Gasteiger partial charge in [0.2, 0.25) is 0 Å². The predicted molar refractivity (Wildman–Crippen MR) is 107 cm³/mol. The van der Waals surface area contributed by atoms with Crippen LogP contribution in [0.25, 0.3) is 11.1 Å². The van der Waals surface area contributed by atoms with Crippen LogP contribution in [-0.4, -0.2) is 33.4 Å². The molecule has 1 amide bonds. The second-order valence-electron chi connectivity index (χ2n) is 7.84. The summed E-state index contributed by atoms with van der Waals surface area (Å²) in [4.78, 5) is 31.6. The number of halogens is 1. The van der Waals surface area contributed by atoms with Crippen LogP contribution in [0.3, 0.4) is 0 Å². The lowest BCUT2D eigenvalue weighted by atomic mass is 9.80. The summed E-state index contributed by atoms with van der Waals surface area (Å²) < 4.78 is 15.1. The number of likely N-dealkylation sites (tertiary alicyclic amines) is 1. The molecule has 0 radical (unpaired) electrons. The van der Waals surface area contributed by atoms with Gasteiger partial charge in [0.05, 0.1) is 0 Å². The van der Waals surface area contributed by atoms with Gasteiger partial charge in [-0.15, -0.1) is 0 Å². The molecule has 146 valence electrons. The van der Waals surface area contributed by atoms with E-state index in [4.69, 9.17) is 0 Å². The number of amides is 1. The average Bonchev–Trinajstić information content (AvgIpc) is 2.75. The molecule has 3 aromatic rings. The summed E-state index contributed by atoms with van der Waals surface area (Å²) in [7, 11) is 0. The third-order valence-electron chi connectivity index (χ3n) is 5.94. The van der Waals surface area contributed by atoms with Crippen molar-refractivity contribution in [3.63, 3.8) is 0 Å². The average molecular weight is 389 g/mol. The standard InChI is InChI=1S/C23H20FN3O2/c24-19-5-3-16(4-6-19)23(29)26-12-15-10-18(14-26)22-20(17-2-1-9-25-11-17)7-8-21(28)27(22)13-15/h1-9,11,15,18H,10,12-14H2/t15-,18+/m0/s1. The van der Waals surface area contributed by atoms with Gasteiger partial charge in [-0.1, -0.05) is 6.07 Å². The summed E-state index contributed by atoms with van der Waals surface area (Å²) in [6.45, 7) is 1.76. The van der Waals surface area contributed by atoms with Crippen molar-refractivity contribution < 1.29 is 9.18 Å². The van der Waals surface area contributed by atoms with Crippen LogP contribution in [0, 0.1) is 11.7 Å². The molecular formula is C23H20FN3O2. The second-order valence-corrected chi connectivity index (χ2v) is 7.84. The largest absolute Gasteiger partial charge is 0.338 e. The maximum atomic E-state index is 13.2. The molecule has 0 unspecified atom stereocenters. The quantitative estimate of drug-likeness (QED) is 0.676. The molecule has 0 N–H and O–H groups in total. The lowest BCUT2D eigenvalue weighted by Crippen LogP contribution is -2.49. The van der Waals surface area contributed by atoms with Crippen molar-refractivity contribution in [2.75, 3.05) is 13.1 Å². The number of carbonyl (C=O) groups is 1. The number of hydrogen-bond acceptors (Lipinski definition) is 3. The molecular weight excluding hydrogens is 369 g/mol. The molecule has 2 aliphatic heterocycles. The highest BCUT2D eigenvalue weighted by molar-refractivity contribution is 5.94. The van der Waals surface area contributed by atoms with Crippen molar-refractivity contribution in [3.8, 4) is 11.1 Å². The van der Waals surface area contributed by atoms with Gasteiger partial charge >= 0.3 is 0 Å². The van der Waals surface area contributed by atoms with Crippen LogP contribution >= 0.6 is 0 Å². The first kappa shape index (κ1) is 17.8. The molecule has 0 saturated carbocycles. The highest BCUT2D eigenvalue weighted by Crippen LogP contribution is 2.40. The number of carbonyl (C=O) groups excluding carboxylic acids is 1. The van der Waals surface area contributed by atoms with Gasteiger partial charge in [0, 0.05) is 66.4 Å². The van der Waals surface area contributed by atoms with Crippen molar-refractivity contribution in [3.05, 3.63) is 88.4 Å². The van der Waals surface area contributed by atoms with Crippen molar-refractivity contribution in [1.82, 2.24) is 14.5 Å². The van der Waals surface area contributed by atoms with Gasteiger partial charge in [-0.2, -0.15) is 0 Å². The Balaban J connectivity index is 1.53. The van der Waals surface area contributed by atoms with Crippen molar-refractivity contribution in [2.24, 2.45) is 5.92 Å². The zero-order valence-electron chi connectivity index (χ0n) is 15.8. The van der Waals surface area contributed by atoms with Crippen molar-refractivity contribution in [1.29, 1.82) is 0 Å². The molecule has 0 spiro atoms. The van der Waals surface area contributed by atoms with E-state index in [1.165, 1.54) is 24.3 Å². The molecule has 5 rings (SSSR count). The normalized spacial score (nSPS) is 20.2. The van der Waals surface area contributed by atoms with Gasteiger partial charge in [0.15, 0.2) is 0 Å². The van der Waals surface area contributed by atoms with E-state index in [2.05, 4.69) is 4.98 Å². The highest BCUT2D eigenvalue weighted by Gasteiger charge is 2.38. The van der Waals surface area contributed by atoms with E-state index in [0.717, 1.165) is 23.2 Å². The highest BCUT2D eigenvalue weighted by atomic mass is 19.1. The molecule has 2 aliphatic rings. The number of piperidine rings is 1. The van der Waals surface area contributed by atoms with Crippen molar-refractivity contribution >= 4 is 5.91 Å². The summed E-state index contributed by atoms with van der Waals surface area (Å²) in [6.07, 6.45) is 4.48. The zero-order valence-corrected chi connectivity index (χ0v) is 15.8. The molecule has 4 heterocycles. The van der Waals surface area contributed by atoms with E-state index in [-0.39, 0.29) is 29.1 Å². The number of hydrogen-bond donors (Lipinski definition) is 0. The number of nitrogens with zero attached hydrogens (tertiary/aromatic N) is 3. The van der Waals surface area contributed by atoms with Crippen LogP contribution in [0.15, 0.2) is 65.7 Å². The number of fused-ring (bicyclic) bond motifs is 4. The lowest BCUT2D eigenvalue weighted by Gasteiger charge is -2.43. The van der Waals surface area contributed by atoms with E-state index < -0.39 is 0 Å². The Hall–Kier alpha value is -3.28. The van der Waals surface area contributed by atoms with Gasteiger partial charge in [-0.25, -0.2) is 4.39 Å². The number of rotatable bonds is 2. The summed E-state index contributed by atoms with van der Waals surface area (Å²) in [5.41, 5.74) is 3.44.